The molecule has 3 rings (SSSR count). The minimum Gasteiger partial charge on any atom is -0.360 e. The van der Waals surface area contributed by atoms with E-state index >= 15 is 0 Å². The maximum Gasteiger partial charge on any atom is 0.223 e. The van der Waals surface area contributed by atoms with Crippen molar-refractivity contribution in [3.8, 4) is 17.3 Å². The van der Waals surface area contributed by atoms with Crippen molar-refractivity contribution in [3.63, 3.8) is 0 Å². The number of aromatic nitrogens is 3. The number of anilines is 1. The Morgan fingerprint density at radius 1 is 1.32 bits per heavy atom. The molecular weight excluding hydrogens is 238 g/mol. The smallest absolute Gasteiger partial charge is 0.223 e. The van der Waals surface area contributed by atoms with Crippen LogP contribution in [0.2, 0.25) is 0 Å². The highest BCUT2D eigenvalue weighted by Crippen LogP contribution is 2.29. The lowest BCUT2D eigenvalue weighted by Crippen LogP contribution is -1.99. The Bertz CT molecular complexity index is 782. The Balaban J connectivity index is 2.29. The highest BCUT2D eigenvalue weighted by molar-refractivity contribution is 5.95. The first-order valence-electron chi connectivity index (χ1n) is 5.85. The molecule has 1 aromatic carbocycles. The van der Waals surface area contributed by atoms with E-state index in [9.17, 15) is 5.26 Å². The van der Waals surface area contributed by atoms with Gasteiger partial charge in [-0.1, -0.05) is 18.2 Å². The monoisotopic (exact) mass is 249 g/mol. The van der Waals surface area contributed by atoms with Crippen LogP contribution in [0.25, 0.3) is 22.2 Å². The summed E-state index contributed by atoms with van der Waals surface area (Å²) in [5, 5.41) is 13.1. The second-order valence-electron chi connectivity index (χ2n) is 4.07. The third kappa shape index (κ3) is 1.79. The molecule has 19 heavy (non-hydrogen) atoms. The lowest BCUT2D eigenvalue weighted by Gasteiger charge is -2.04. The van der Waals surface area contributed by atoms with Crippen LogP contribution in [0.4, 0.5) is 5.95 Å². The quantitative estimate of drug-likeness (QED) is 0.731. The number of para-hydroxylation sites is 1. The first-order valence-corrected chi connectivity index (χ1v) is 5.85. The highest BCUT2D eigenvalue weighted by atomic mass is 15.1. The van der Waals surface area contributed by atoms with Crippen molar-refractivity contribution < 1.29 is 0 Å². The van der Waals surface area contributed by atoms with Crippen molar-refractivity contribution in [2.45, 2.75) is 0 Å². The van der Waals surface area contributed by atoms with Crippen molar-refractivity contribution in [3.05, 3.63) is 42.2 Å². The fourth-order valence-corrected chi connectivity index (χ4v) is 2.06. The molecule has 0 amide bonds. The molecule has 0 spiro atoms. The number of nitrogens with zero attached hydrogens (tertiary/aromatic N) is 3. The van der Waals surface area contributed by atoms with Crippen molar-refractivity contribution >= 4 is 16.9 Å². The Kier molecular flexibility index (Phi) is 2.62. The number of nitrogens with one attached hydrogen (secondary N) is 2. The van der Waals surface area contributed by atoms with Crippen molar-refractivity contribution in [2.24, 2.45) is 0 Å². The summed E-state index contributed by atoms with van der Waals surface area (Å²) in [6.45, 7) is 0. The fourth-order valence-electron chi connectivity index (χ4n) is 2.06. The second kappa shape index (κ2) is 4.42. The lowest BCUT2D eigenvalue weighted by molar-refractivity contribution is 1.14. The van der Waals surface area contributed by atoms with Crippen LogP contribution < -0.4 is 5.32 Å². The molecular formula is C14H11N5. The van der Waals surface area contributed by atoms with Gasteiger partial charge in [-0.3, -0.25) is 0 Å². The van der Waals surface area contributed by atoms with Crippen LogP contribution in [0.5, 0.6) is 0 Å². The van der Waals surface area contributed by atoms with Gasteiger partial charge in [-0.05, 0) is 6.07 Å². The molecule has 5 nitrogen and oxygen atoms in total. The normalized spacial score (nSPS) is 10.3. The number of H-pyrrole nitrogens is 1. The molecule has 2 heterocycles. The van der Waals surface area contributed by atoms with Crippen LogP contribution in [-0.4, -0.2) is 22.0 Å². The number of benzene rings is 1. The number of hydrogen-bond acceptors (Lipinski definition) is 4. The van der Waals surface area contributed by atoms with Gasteiger partial charge in [0.25, 0.3) is 0 Å². The maximum absolute atomic E-state index is 9.19. The number of fused-ring (bicyclic) bond motifs is 1. The number of hydrogen-bond donors (Lipinski definition) is 2. The average Bonchev–Trinajstić information content (AvgIpc) is 2.90. The minimum absolute atomic E-state index is 0.462. The summed E-state index contributed by atoms with van der Waals surface area (Å²) in [7, 11) is 1.75. The molecule has 0 aliphatic rings. The first kappa shape index (κ1) is 11.2. The van der Waals surface area contributed by atoms with E-state index in [0.29, 0.717) is 17.2 Å². The Labute approximate surface area is 109 Å². The molecule has 5 heteroatoms. The topological polar surface area (TPSA) is 77.4 Å². The van der Waals surface area contributed by atoms with Crippen molar-refractivity contribution in [1.82, 2.24) is 15.0 Å². The zero-order valence-corrected chi connectivity index (χ0v) is 10.3. The Morgan fingerprint density at radius 3 is 2.95 bits per heavy atom. The molecule has 3 aromatic rings. The summed E-state index contributed by atoms with van der Waals surface area (Å²) in [6, 6.07) is 10.1. The maximum atomic E-state index is 9.19. The van der Waals surface area contributed by atoms with Gasteiger partial charge in [-0.15, -0.1) is 0 Å². The van der Waals surface area contributed by atoms with Crippen LogP contribution in [-0.2, 0) is 0 Å². The number of nitriles is 1. The molecule has 0 aliphatic heterocycles. The average molecular weight is 249 g/mol. The summed E-state index contributed by atoms with van der Waals surface area (Å²) in [6.07, 6.45) is 3.41. The molecule has 92 valence electrons. The first-order chi connectivity index (χ1) is 9.33. The third-order valence-corrected chi connectivity index (χ3v) is 2.98. The molecule has 0 bridgehead atoms. The summed E-state index contributed by atoms with van der Waals surface area (Å²) >= 11 is 0. The van der Waals surface area contributed by atoms with Gasteiger partial charge < -0.3 is 10.3 Å². The van der Waals surface area contributed by atoms with Gasteiger partial charge in [0, 0.05) is 29.7 Å². The van der Waals surface area contributed by atoms with Gasteiger partial charge >= 0.3 is 0 Å². The molecule has 0 atom stereocenters. The van der Waals surface area contributed by atoms with Gasteiger partial charge in [-0.25, -0.2) is 9.97 Å². The van der Waals surface area contributed by atoms with Crippen LogP contribution >= 0.6 is 0 Å². The van der Waals surface area contributed by atoms with E-state index in [1.54, 1.807) is 7.05 Å². The standard InChI is InChI=1S/C14H11N5/c1-16-14-18-7-9(6-15)13(19-14)11-8-17-12-5-3-2-4-10(11)12/h2-5,7-8,17H,1H3,(H,16,18,19). The third-order valence-electron chi connectivity index (χ3n) is 2.98. The van der Waals surface area contributed by atoms with Crippen LogP contribution in [0.15, 0.2) is 36.7 Å². The van der Waals surface area contributed by atoms with Gasteiger partial charge in [-0.2, -0.15) is 5.26 Å². The van der Waals surface area contributed by atoms with E-state index in [1.807, 2.05) is 30.5 Å². The largest absolute Gasteiger partial charge is 0.360 e. The summed E-state index contributed by atoms with van der Waals surface area (Å²) < 4.78 is 0. The molecule has 2 N–H and O–H groups in total. The van der Waals surface area contributed by atoms with Gasteiger partial charge in [0.1, 0.15) is 6.07 Å². The van der Waals surface area contributed by atoms with E-state index in [2.05, 4.69) is 26.3 Å². The Morgan fingerprint density at radius 2 is 2.16 bits per heavy atom. The number of rotatable bonds is 2. The van der Waals surface area contributed by atoms with E-state index < -0.39 is 0 Å². The zero-order chi connectivity index (χ0) is 13.2. The van der Waals surface area contributed by atoms with E-state index in [0.717, 1.165) is 16.5 Å². The molecule has 2 aromatic heterocycles. The predicted octanol–water partition coefficient (Wildman–Crippen LogP) is 2.54. The van der Waals surface area contributed by atoms with Crippen LogP contribution in [0.3, 0.4) is 0 Å². The Hall–Kier alpha value is -2.87. The molecule has 0 aliphatic carbocycles. The van der Waals surface area contributed by atoms with Crippen LogP contribution in [0.1, 0.15) is 5.56 Å². The minimum atomic E-state index is 0.462. The summed E-state index contributed by atoms with van der Waals surface area (Å²) in [5.41, 5.74) is 3.03. The van der Waals surface area contributed by atoms with Gasteiger partial charge in [0.15, 0.2) is 0 Å². The molecule has 0 saturated carbocycles. The summed E-state index contributed by atoms with van der Waals surface area (Å²) in [4.78, 5) is 11.6. The SMILES string of the molecule is CNc1ncc(C#N)c(-c2c[nH]c3ccccc23)n1. The predicted molar refractivity (Wildman–Crippen MR) is 73.6 cm³/mol. The van der Waals surface area contributed by atoms with Crippen molar-refractivity contribution in [1.29, 1.82) is 5.26 Å². The van der Waals surface area contributed by atoms with Gasteiger partial charge in [0.05, 0.1) is 17.5 Å². The van der Waals surface area contributed by atoms with Gasteiger partial charge in [0.2, 0.25) is 5.95 Å². The molecule has 0 saturated heterocycles. The molecule has 0 radical (unpaired) electrons. The fraction of sp³-hybridized carbons (Fsp3) is 0.0714. The number of aromatic amines is 1. The van der Waals surface area contributed by atoms with E-state index in [1.165, 1.54) is 6.20 Å². The van der Waals surface area contributed by atoms with E-state index in [-0.39, 0.29) is 0 Å². The second-order valence-corrected chi connectivity index (χ2v) is 4.07. The lowest BCUT2D eigenvalue weighted by atomic mass is 10.1. The highest BCUT2D eigenvalue weighted by Gasteiger charge is 2.13. The molecule has 0 fully saturated rings. The van der Waals surface area contributed by atoms with Crippen molar-refractivity contribution in [2.75, 3.05) is 12.4 Å². The zero-order valence-electron chi connectivity index (χ0n) is 10.3. The van der Waals surface area contributed by atoms with E-state index in [4.69, 9.17) is 0 Å². The van der Waals surface area contributed by atoms with Crippen LogP contribution in [0, 0.1) is 11.3 Å². The molecule has 0 unspecified atom stereocenters. The summed E-state index contributed by atoms with van der Waals surface area (Å²) in [5.74, 6) is 0.499.